The van der Waals surface area contributed by atoms with E-state index in [0.717, 1.165) is 34.3 Å². The van der Waals surface area contributed by atoms with Gasteiger partial charge in [-0.2, -0.15) is 0 Å². The van der Waals surface area contributed by atoms with E-state index in [1.165, 1.54) is 6.92 Å². The number of carbonyl (C=O) groups excluding carboxylic acids is 2. The van der Waals surface area contributed by atoms with Crippen LogP contribution in [0.25, 0.3) is 11.0 Å². The molecule has 2 aromatic heterocycles. The van der Waals surface area contributed by atoms with Crippen molar-refractivity contribution in [3.63, 3.8) is 0 Å². The largest absolute Gasteiger partial charge is 0.424 e. The van der Waals surface area contributed by atoms with E-state index in [4.69, 9.17) is 4.74 Å². The van der Waals surface area contributed by atoms with Crippen LogP contribution < -0.4 is 4.74 Å². The van der Waals surface area contributed by atoms with Crippen LogP contribution in [0.15, 0.2) is 79.0 Å². The Morgan fingerprint density at radius 1 is 1.00 bits per heavy atom. The first-order chi connectivity index (χ1) is 16.5. The molecule has 34 heavy (non-hydrogen) atoms. The van der Waals surface area contributed by atoms with Gasteiger partial charge in [0.2, 0.25) is 5.91 Å². The summed E-state index contributed by atoms with van der Waals surface area (Å²) in [4.78, 5) is 32.1. The van der Waals surface area contributed by atoms with Gasteiger partial charge < -0.3 is 14.2 Å². The van der Waals surface area contributed by atoms with E-state index in [1.807, 2.05) is 84.7 Å². The number of likely N-dealkylation sites (N-methyl/N-ethyl adjacent to an activating group) is 1. The second kappa shape index (κ2) is 9.14. The van der Waals surface area contributed by atoms with Crippen LogP contribution in [0.4, 0.5) is 0 Å². The highest BCUT2D eigenvalue weighted by atomic mass is 16.5. The van der Waals surface area contributed by atoms with Crippen LogP contribution >= 0.6 is 0 Å². The predicted molar refractivity (Wildman–Crippen MR) is 131 cm³/mol. The van der Waals surface area contributed by atoms with Crippen molar-refractivity contribution in [1.82, 2.24) is 14.5 Å². The molecule has 4 aromatic rings. The summed E-state index contributed by atoms with van der Waals surface area (Å²) in [7, 11) is 1.89. The Kier molecular flexibility index (Phi) is 5.88. The van der Waals surface area contributed by atoms with Crippen molar-refractivity contribution in [1.29, 1.82) is 0 Å². The van der Waals surface area contributed by atoms with Gasteiger partial charge in [0.25, 0.3) is 0 Å². The maximum Gasteiger partial charge on any atom is 0.308 e. The first-order valence-electron chi connectivity index (χ1n) is 11.6. The molecule has 0 N–H and O–H groups in total. The average molecular weight is 454 g/mol. The number of esters is 1. The van der Waals surface area contributed by atoms with Crippen LogP contribution in [0, 0.1) is 0 Å². The predicted octanol–water partition coefficient (Wildman–Crippen LogP) is 4.57. The Morgan fingerprint density at radius 3 is 2.26 bits per heavy atom. The van der Waals surface area contributed by atoms with E-state index < -0.39 is 0 Å². The van der Waals surface area contributed by atoms with Crippen LogP contribution in [-0.4, -0.2) is 39.4 Å². The van der Waals surface area contributed by atoms with Crippen molar-refractivity contribution < 1.29 is 14.3 Å². The zero-order valence-corrected chi connectivity index (χ0v) is 19.3. The number of aromatic nitrogens is 2. The number of nitrogens with zero attached hydrogens (tertiary/aromatic N) is 3. The number of benzene rings is 2. The lowest BCUT2D eigenvalue weighted by Gasteiger charge is -2.35. The number of pyridine rings is 1. The highest BCUT2D eigenvalue weighted by Gasteiger charge is 2.34. The van der Waals surface area contributed by atoms with Gasteiger partial charge in [0, 0.05) is 32.8 Å². The summed E-state index contributed by atoms with van der Waals surface area (Å²) in [5, 5.41) is 0.828. The van der Waals surface area contributed by atoms with Gasteiger partial charge in [0.1, 0.15) is 5.65 Å². The summed E-state index contributed by atoms with van der Waals surface area (Å²) < 4.78 is 7.69. The van der Waals surface area contributed by atoms with Crippen molar-refractivity contribution in [2.45, 2.75) is 38.3 Å². The van der Waals surface area contributed by atoms with Crippen molar-refractivity contribution in [3.05, 3.63) is 95.8 Å². The molecule has 0 radical (unpaired) electrons. The minimum absolute atomic E-state index is 0.00212. The van der Waals surface area contributed by atoms with Crippen molar-refractivity contribution in [2.24, 2.45) is 0 Å². The molecule has 0 spiro atoms. The fraction of sp³-hybridized carbons (Fsp3) is 0.250. The van der Waals surface area contributed by atoms with Crippen molar-refractivity contribution in [2.75, 3.05) is 7.05 Å². The number of carbonyl (C=O) groups is 2. The number of ether oxygens (including phenoxy) is 1. The quantitative estimate of drug-likeness (QED) is 0.416. The summed E-state index contributed by atoms with van der Waals surface area (Å²) in [6.07, 6.45) is 3.22. The van der Waals surface area contributed by atoms with Crippen LogP contribution in [0.1, 0.15) is 36.1 Å². The molecule has 3 heterocycles. The Balaban J connectivity index is 1.48. The van der Waals surface area contributed by atoms with E-state index in [9.17, 15) is 9.59 Å². The molecule has 0 saturated carbocycles. The van der Waals surface area contributed by atoms with Gasteiger partial charge in [0.15, 0.2) is 5.75 Å². The van der Waals surface area contributed by atoms with Gasteiger partial charge in [0.05, 0.1) is 17.0 Å². The lowest BCUT2D eigenvalue weighted by molar-refractivity contribution is -0.133. The average Bonchev–Trinajstić information content (AvgIpc) is 3.17. The van der Waals surface area contributed by atoms with E-state index in [1.54, 1.807) is 6.20 Å². The van der Waals surface area contributed by atoms with Gasteiger partial charge in [-0.25, -0.2) is 4.98 Å². The smallest absolute Gasteiger partial charge is 0.308 e. The molecule has 0 saturated heterocycles. The third-order valence-corrected chi connectivity index (χ3v) is 6.64. The molecule has 1 aliphatic rings. The number of amides is 1. The molecule has 0 aliphatic carbocycles. The summed E-state index contributed by atoms with van der Waals surface area (Å²) >= 11 is 0. The third-order valence-electron chi connectivity index (χ3n) is 6.64. The van der Waals surface area contributed by atoms with Gasteiger partial charge in [-0.15, -0.1) is 0 Å². The molecule has 172 valence electrons. The molecule has 6 heteroatoms. The summed E-state index contributed by atoms with van der Waals surface area (Å²) in [5.41, 5.74) is 3.70. The molecule has 1 aliphatic heterocycles. The normalized spacial score (nSPS) is 15.2. The van der Waals surface area contributed by atoms with Gasteiger partial charge in [-0.3, -0.25) is 9.59 Å². The Labute approximate surface area is 198 Å². The number of fused-ring (bicyclic) bond motifs is 3. The zero-order valence-electron chi connectivity index (χ0n) is 19.3. The van der Waals surface area contributed by atoms with Crippen LogP contribution in [0.3, 0.4) is 0 Å². The Hall–Kier alpha value is -3.93. The van der Waals surface area contributed by atoms with Crippen molar-refractivity contribution >= 4 is 22.9 Å². The standard InChI is InChI=1S/C28H27N3O3/c1-19(32)34-26-23-14-9-17-29-27(23)31-18-22(15-16-24(26)31)30(2)28(33)25(20-10-5-3-6-11-20)21-12-7-4-8-13-21/h3-14,17,22,25H,15-16,18H2,1-2H3/t22-/m1/s1. The second-order valence-electron chi connectivity index (χ2n) is 8.75. The number of hydrogen-bond donors (Lipinski definition) is 0. The summed E-state index contributed by atoms with van der Waals surface area (Å²) in [5.74, 6) is -0.0583. The summed E-state index contributed by atoms with van der Waals surface area (Å²) in [6.45, 7) is 2.01. The molecule has 6 nitrogen and oxygen atoms in total. The minimum Gasteiger partial charge on any atom is -0.424 e. The SMILES string of the molecule is CC(=O)Oc1c2n(c3ncccc13)C[C@H](N(C)C(=O)C(c1ccccc1)c1ccccc1)CC2. The minimum atomic E-state index is -0.370. The highest BCUT2D eigenvalue weighted by molar-refractivity contribution is 5.89. The molecule has 0 unspecified atom stereocenters. The molecule has 2 aromatic carbocycles. The molecule has 1 atom stereocenters. The lowest BCUT2D eigenvalue weighted by atomic mass is 9.89. The monoisotopic (exact) mass is 453 g/mol. The topological polar surface area (TPSA) is 64.4 Å². The molecular formula is C28H27N3O3. The first-order valence-corrected chi connectivity index (χ1v) is 11.6. The molecule has 5 rings (SSSR count). The fourth-order valence-electron chi connectivity index (χ4n) is 4.97. The van der Waals surface area contributed by atoms with E-state index >= 15 is 0 Å². The van der Waals surface area contributed by atoms with E-state index in [-0.39, 0.29) is 23.8 Å². The number of rotatable bonds is 5. The van der Waals surface area contributed by atoms with Crippen LogP contribution in [0.5, 0.6) is 5.75 Å². The lowest BCUT2D eigenvalue weighted by Crippen LogP contribution is -2.44. The maximum absolute atomic E-state index is 13.9. The Morgan fingerprint density at radius 2 is 1.65 bits per heavy atom. The summed E-state index contributed by atoms with van der Waals surface area (Å²) in [6, 6.07) is 23.6. The fourth-order valence-corrected chi connectivity index (χ4v) is 4.97. The van der Waals surface area contributed by atoms with E-state index in [2.05, 4.69) is 9.55 Å². The third kappa shape index (κ3) is 3.96. The van der Waals surface area contributed by atoms with Crippen LogP contribution in [0.2, 0.25) is 0 Å². The molecule has 0 fully saturated rings. The second-order valence-corrected chi connectivity index (χ2v) is 8.75. The van der Waals surface area contributed by atoms with Gasteiger partial charge in [-0.05, 0) is 36.1 Å². The van der Waals surface area contributed by atoms with Crippen molar-refractivity contribution in [3.8, 4) is 5.75 Å². The first kappa shape index (κ1) is 21.9. The highest BCUT2D eigenvalue weighted by Crippen LogP contribution is 2.37. The molecule has 1 amide bonds. The van der Waals surface area contributed by atoms with Gasteiger partial charge >= 0.3 is 5.97 Å². The maximum atomic E-state index is 13.9. The number of hydrogen-bond acceptors (Lipinski definition) is 4. The van der Waals surface area contributed by atoms with Crippen LogP contribution in [-0.2, 0) is 22.6 Å². The molecule has 0 bridgehead atoms. The Bertz CT molecular complexity index is 1290. The zero-order chi connectivity index (χ0) is 23.7. The van der Waals surface area contributed by atoms with E-state index in [0.29, 0.717) is 18.7 Å². The van der Waals surface area contributed by atoms with Gasteiger partial charge in [-0.1, -0.05) is 60.7 Å². The molecular weight excluding hydrogens is 426 g/mol.